The van der Waals surface area contributed by atoms with Crippen molar-refractivity contribution in [2.75, 3.05) is 0 Å². The van der Waals surface area contributed by atoms with Gasteiger partial charge < -0.3 is 0 Å². The van der Waals surface area contributed by atoms with Crippen LogP contribution in [0.1, 0.15) is 20.1 Å². The van der Waals surface area contributed by atoms with Crippen LogP contribution in [0.5, 0.6) is 0 Å². The van der Waals surface area contributed by atoms with Crippen LogP contribution in [0.2, 0.25) is 0 Å². The zero-order chi connectivity index (χ0) is 12.6. The Hall–Kier alpha value is -1.62. The first-order chi connectivity index (χ1) is 7.99. The van der Waals surface area contributed by atoms with Crippen molar-refractivity contribution in [3.05, 3.63) is 57.0 Å². The summed E-state index contributed by atoms with van der Waals surface area (Å²) in [6.07, 6.45) is 0. The average molecular weight is 256 g/mol. The predicted octanol–water partition coefficient (Wildman–Crippen LogP) is 3.70. The van der Waals surface area contributed by atoms with Gasteiger partial charge in [0.15, 0.2) is 11.6 Å². The van der Waals surface area contributed by atoms with E-state index in [1.807, 2.05) is 0 Å². The lowest BCUT2D eigenvalue weighted by molar-refractivity contribution is 0.103. The largest absolute Gasteiger partial charge is 0.288 e. The minimum atomic E-state index is -1.30. The average Bonchev–Trinajstić information content (AvgIpc) is 2.69. The van der Waals surface area contributed by atoms with Crippen molar-refractivity contribution in [2.24, 2.45) is 0 Å². The molecule has 0 amide bonds. The third kappa shape index (κ3) is 2.24. The quantitative estimate of drug-likeness (QED) is 0.591. The van der Waals surface area contributed by atoms with E-state index in [2.05, 4.69) is 0 Å². The van der Waals surface area contributed by atoms with Gasteiger partial charge in [-0.3, -0.25) is 4.79 Å². The second-order valence-corrected chi connectivity index (χ2v) is 4.77. The zero-order valence-corrected chi connectivity index (χ0v) is 9.58. The van der Waals surface area contributed by atoms with Crippen LogP contribution in [-0.2, 0) is 0 Å². The van der Waals surface area contributed by atoms with Crippen LogP contribution in [0.15, 0.2) is 24.3 Å². The minimum Gasteiger partial charge on any atom is -0.288 e. The van der Waals surface area contributed by atoms with Gasteiger partial charge in [-0.15, -0.1) is 11.3 Å². The van der Waals surface area contributed by atoms with E-state index < -0.39 is 28.8 Å². The van der Waals surface area contributed by atoms with Gasteiger partial charge in [-0.2, -0.15) is 0 Å². The van der Waals surface area contributed by atoms with Gasteiger partial charge in [-0.1, -0.05) is 0 Å². The van der Waals surface area contributed by atoms with E-state index in [-0.39, 0.29) is 0 Å². The standard InChI is InChI=1S/C12H7F3OS/c1-6-2-3-11(17-6)12(16)7-4-9(14)10(15)5-8(7)13/h2-5H,1H3. The highest BCUT2D eigenvalue weighted by Gasteiger charge is 2.18. The Kier molecular flexibility index (Phi) is 3.02. The number of benzene rings is 1. The van der Waals surface area contributed by atoms with Crippen molar-refractivity contribution in [1.29, 1.82) is 0 Å². The Morgan fingerprint density at radius 2 is 1.71 bits per heavy atom. The summed E-state index contributed by atoms with van der Waals surface area (Å²) in [5.74, 6) is -4.23. The third-order valence-electron chi connectivity index (χ3n) is 2.22. The van der Waals surface area contributed by atoms with Crippen molar-refractivity contribution in [1.82, 2.24) is 0 Å². The van der Waals surface area contributed by atoms with E-state index in [9.17, 15) is 18.0 Å². The number of rotatable bonds is 2. The summed E-state index contributed by atoms with van der Waals surface area (Å²) in [6.45, 7) is 1.79. The summed E-state index contributed by atoms with van der Waals surface area (Å²) < 4.78 is 39.0. The molecule has 0 aliphatic carbocycles. The molecule has 17 heavy (non-hydrogen) atoms. The lowest BCUT2D eigenvalue weighted by atomic mass is 10.1. The van der Waals surface area contributed by atoms with E-state index in [4.69, 9.17) is 0 Å². The molecule has 1 aromatic heterocycles. The minimum absolute atomic E-state index is 0.299. The van der Waals surface area contributed by atoms with E-state index in [1.54, 1.807) is 13.0 Å². The summed E-state index contributed by atoms with van der Waals surface area (Å²) in [6, 6.07) is 4.20. The first-order valence-corrected chi connectivity index (χ1v) is 5.56. The molecule has 1 aromatic carbocycles. The van der Waals surface area contributed by atoms with E-state index in [0.29, 0.717) is 17.0 Å². The fraction of sp³-hybridized carbons (Fsp3) is 0.0833. The van der Waals surface area contributed by atoms with Crippen LogP contribution in [-0.4, -0.2) is 5.78 Å². The van der Waals surface area contributed by atoms with Crippen LogP contribution in [0, 0.1) is 24.4 Å². The molecule has 0 N–H and O–H groups in total. The molecule has 88 valence electrons. The van der Waals surface area contributed by atoms with Crippen molar-refractivity contribution >= 4 is 17.1 Å². The molecule has 0 saturated carbocycles. The van der Waals surface area contributed by atoms with Crippen LogP contribution < -0.4 is 0 Å². The van der Waals surface area contributed by atoms with Crippen molar-refractivity contribution in [3.8, 4) is 0 Å². The monoisotopic (exact) mass is 256 g/mol. The SMILES string of the molecule is Cc1ccc(C(=O)c2cc(F)c(F)cc2F)s1. The maximum atomic E-state index is 13.4. The molecule has 0 radical (unpaired) electrons. The van der Waals surface area contributed by atoms with Crippen LogP contribution in [0.4, 0.5) is 13.2 Å². The van der Waals surface area contributed by atoms with E-state index in [0.717, 1.165) is 4.88 Å². The fourth-order valence-electron chi connectivity index (χ4n) is 1.39. The van der Waals surface area contributed by atoms with Gasteiger partial charge in [0, 0.05) is 10.9 Å². The highest BCUT2D eigenvalue weighted by molar-refractivity contribution is 7.14. The summed E-state index contributed by atoms with van der Waals surface area (Å²) >= 11 is 1.18. The number of aryl methyl sites for hydroxylation is 1. The number of thiophene rings is 1. The van der Waals surface area contributed by atoms with Gasteiger partial charge in [0.1, 0.15) is 5.82 Å². The Morgan fingerprint density at radius 1 is 1.06 bits per heavy atom. The first kappa shape index (κ1) is 11.9. The Labute approximate surface area is 99.5 Å². The van der Waals surface area contributed by atoms with Crippen molar-refractivity contribution in [3.63, 3.8) is 0 Å². The normalized spacial score (nSPS) is 10.6. The molecule has 2 rings (SSSR count). The first-order valence-electron chi connectivity index (χ1n) is 4.74. The number of carbonyl (C=O) groups is 1. The lowest BCUT2D eigenvalue weighted by Crippen LogP contribution is -2.04. The smallest absolute Gasteiger partial charge is 0.206 e. The van der Waals surface area contributed by atoms with E-state index >= 15 is 0 Å². The Balaban J connectivity index is 2.47. The molecule has 0 aliphatic rings. The van der Waals surface area contributed by atoms with Crippen LogP contribution >= 0.6 is 11.3 Å². The van der Waals surface area contributed by atoms with Crippen LogP contribution in [0.25, 0.3) is 0 Å². The summed E-state index contributed by atoms with van der Waals surface area (Å²) in [4.78, 5) is 13.0. The summed E-state index contributed by atoms with van der Waals surface area (Å²) in [5.41, 5.74) is -0.453. The molecular formula is C12H7F3OS. The maximum Gasteiger partial charge on any atom is 0.206 e. The number of hydrogen-bond acceptors (Lipinski definition) is 2. The molecule has 2 aromatic rings. The van der Waals surface area contributed by atoms with Gasteiger partial charge >= 0.3 is 0 Å². The molecule has 0 bridgehead atoms. The summed E-state index contributed by atoms with van der Waals surface area (Å²) in [7, 11) is 0. The van der Waals surface area contributed by atoms with Gasteiger partial charge in [-0.25, -0.2) is 13.2 Å². The molecular weight excluding hydrogens is 249 g/mol. The number of halogens is 3. The van der Waals surface area contributed by atoms with Gasteiger partial charge in [0.2, 0.25) is 5.78 Å². The molecule has 0 unspecified atom stereocenters. The topological polar surface area (TPSA) is 17.1 Å². The molecule has 0 fully saturated rings. The number of carbonyl (C=O) groups excluding carboxylic acids is 1. The highest BCUT2D eigenvalue weighted by atomic mass is 32.1. The van der Waals surface area contributed by atoms with Crippen molar-refractivity contribution < 1.29 is 18.0 Å². The number of hydrogen-bond donors (Lipinski definition) is 0. The molecule has 0 aliphatic heterocycles. The highest BCUT2D eigenvalue weighted by Crippen LogP contribution is 2.22. The molecule has 0 spiro atoms. The second kappa shape index (κ2) is 4.33. The fourth-order valence-corrected chi connectivity index (χ4v) is 2.21. The molecule has 1 nitrogen and oxygen atoms in total. The third-order valence-corrected chi connectivity index (χ3v) is 3.22. The van der Waals surface area contributed by atoms with Crippen LogP contribution in [0.3, 0.4) is 0 Å². The molecule has 5 heteroatoms. The number of ketones is 1. The Bertz CT molecular complexity index is 589. The van der Waals surface area contributed by atoms with Gasteiger partial charge in [-0.05, 0) is 25.1 Å². The lowest BCUT2D eigenvalue weighted by Gasteiger charge is -2.01. The Morgan fingerprint density at radius 3 is 2.29 bits per heavy atom. The molecule has 1 heterocycles. The zero-order valence-electron chi connectivity index (χ0n) is 8.76. The van der Waals surface area contributed by atoms with E-state index in [1.165, 1.54) is 17.4 Å². The van der Waals surface area contributed by atoms with Gasteiger partial charge in [0.25, 0.3) is 0 Å². The molecule has 0 atom stereocenters. The van der Waals surface area contributed by atoms with Gasteiger partial charge in [0.05, 0.1) is 10.4 Å². The van der Waals surface area contributed by atoms with Crippen molar-refractivity contribution in [2.45, 2.75) is 6.92 Å². The second-order valence-electron chi connectivity index (χ2n) is 3.49. The summed E-state index contributed by atoms with van der Waals surface area (Å²) in [5, 5.41) is 0. The maximum absolute atomic E-state index is 13.4. The predicted molar refractivity (Wildman–Crippen MR) is 58.8 cm³/mol. The molecule has 0 saturated heterocycles.